The van der Waals surface area contributed by atoms with E-state index in [0.717, 1.165) is 38.5 Å². The Morgan fingerprint density at radius 1 is 0.792 bits per heavy atom. The standard InChI is InChI=1S/C20H34O4/c1-2-3-4-5-6-7-8-9-10-11-12-13-14-15-16-17-19(22)24-20(23)18-21/h6-7,9-10,21H,2-5,8,11-18H2,1H3/b7-6-,10-9-. The lowest BCUT2D eigenvalue weighted by Crippen LogP contribution is -2.14. The predicted octanol–water partition coefficient (Wildman–Crippen LogP) is 4.86. The predicted molar refractivity (Wildman–Crippen MR) is 97.5 cm³/mol. The van der Waals surface area contributed by atoms with Crippen LogP contribution in [0.3, 0.4) is 0 Å². The number of hydrogen-bond acceptors (Lipinski definition) is 4. The summed E-state index contributed by atoms with van der Waals surface area (Å²) in [5, 5.41) is 8.45. The summed E-state index contributed by atoms with van der Waals surface area (Å²) >= 11 is 0. The molecule has 0 aromatic rings. The molecule has 0 heterocycles. The first-order chi connectivity index (χ1) is 11.7. The highest BCUT2D eigenvalue weighted by atomic mass is 16.6. The molecule has 0 atom stereocenters. The molecule has 0 saturated heterocycles. The van der Waals surface area contributed by atoms with E-state index in [0.29, 0.717) is 0 Å². The molecule has 0 aliphatic carbocycles. The molecule has 0 aromatic heterocycles. The highest BCUT2D eigenvalue weighted by Gasteiger charge is 2.08. The Morgan fingerprint density at radius 2 is 1.38 bits per heavy atom. The van der Waals surface area contributed by atoms with Crippen molar-refractivity contribution in [3.05, 3.63) is 24.3 Å². The molecule has 0 aromatic carbocycles. The fraction of sp³-hybridized carbons (Fsp3) is 0.700. The second-order valence-corrected chi connectivity index (χ2v) is 5.98. The van der Waals surface area contributed by atoms with Gasteiger partial charge < -0.3 is 9.84 Å². The van der Waals surface area contributed by atoms with Gasteiger partial charge in [0.25, 0.3) is 0 Å². The molecule has 0 saturated carbocycles. The minimum atomic E-state index is -0.873. The summed E-state index contributed by atoms with van der Waals surface area (Å²) in [6.45, 7) is 1.48. The number of carbonyl (C=O) groups excluding carboxylic acids is 2. The Bertz CT molecular complexity index is 372. The maximum absolute atomic E-state index is 11.2. The fourth-order valence-corrected chi connectivity index (χ4v) is 2.29. The van der Waals surface area contributed by atoms with Crippen molar-refractivity contribution in [1.29, 1.82) is 0 Å². The van der Waals surface area contributed by atoms with E-state index >= 15 is 0 Å². The summed E-state index contributed by atoms with van der Waals surface area (Å²) in [4.78, 5) is 21.9. The summed E-state index contributed by atoms with van der Waals surface area (Å²) in [6.07, 6.45) is 21.6. The number of carbonyl (C=O) groups is 2. The van der Waals surface area contributed by atoms with Crippen LogP contribution in [-0.4, -0.2) is 23.7 Å². The number of esters is 2. The van der Waals surface area contributed by atoms with Crippen LogP contribution in [0.15, 0.2) is 24.3 Å². The van der Waals surface area contributed by atoms with Gasteiger partial charge in [0.1, 0.15) is 6.61 Å². The van der Waals surface area contributed by atoms with Crippen molar-refractivity contribution in [3.63, 3.8) is 0 Å². The molecule has 0 unspecified atom stereocenters. The number of allylic oxidation sites excluding steroid dienone is 4. The summed E-state index contributed by atoms with van der Waals surface area (Å²) in [7, 11) is 0. The smallest absolute Gasteiger partial charge is 0.339 e. The number of ether oxygens (including phenoxy) is 1. The summed E-state index contributed by atoms with van der Waals surface area (Å²) in [5.74, 6) is -1.41. The van der Waals surface area contributed by atoms with Crippen LogP contribution in [0.1, 0.15) is 84.0 Å². The second kappa shape index (κ2) is 17.9. The number of rotatable bonds is 15. The van der Waals surface area contributed by atoms with Crippen molar-refractivity contribution < 1.29 is 19.4 Å². The third-order valence-electron chi connectivity index (χ3n) is 3.69. The Kier molecular flexibility index (Phi) is 16.9. The molecule has 0 rings (SSSR count). The molecule has 0 spiro atoms. The van der Waals surface area contributed by atoms with E-state index in [2.05, 4.69) is 36.0 Å². The number of aliphatic hydroxyl groups is 1. The Balaban J connectivity index is 3.31. The molecule has 0 fully saturated rings. The molecular formula is C20H34O4. The van der Waals surface area contributed by atoms with Gasteiger partial charge in [-0.3, -0.25) is 4.79 Å². The molecule has 0 aliphatic rings. The van der Waals surface area contributed by atoms with Gasteiger partial charge in [-0.1, -0.05) is 63.3 Å². The average molecular weight is 338 g/mol. The minimum Gasteiger partial charge on any atom is -0.391 e. The van der Waals surface area contributed by atoms with Crippen molar-refractivity contribution in [2.75, 3.05) is 6.61 Å². The SMILES string of the molecule is CCCCC/C=C\C/C=C\CCCCCCCC(=O)OC(=O)CO. The quantitative estimate of drug-likeness (QED) is 0.200. The van der Waals surface area contributed by atoms with Crippen molar-refractivity contribution in [3.8, 4) is 0 Å². The van der Waals surface area contributed by atoms with Gasteiger partial charge >= 0.3 is 11.9 Å². The average Bonchev–Trinajstić information content (AvgIpc) is 2.58. The van der Waals surface area contributed by atoms with Crippen LogP contribution in [-0.2, 0) is 14.3 Å². The molecule has 4 heteroatoms. The highest BCUT2D eigenvalue weighted by Crippen LogP contribution is 2.08. The molecule has 24 heavy (non-hydrogen) atoms. The zero-order valence-electron chi connectivity index (χ0n) is 15.2. The van der Waals surface area contributed by atoms with Crippen LogP contribution in [0.2, 0.25) is 0 Å². The van der Waals surface area contributed by atoms with Crippen LogP contribution >= 0.6 is 0 Å². The first-order valence-electron chi connectivity index (χ1n) is 9.35. The lowest BCUT2D eigenvalue weighted by atomic mass is 10.1. The maximum atomic E-state index is 11.2. The van der Waals surface area contributed by atoms with Crippen LogP contribution < -0.4 is 0 Å². The van der Waals surface area contributed by atoms with Crippen LogP contribution in [0.25, 0.3) is 0 Å². The first-order valence-corrected chi connectivity index (χ1v) is 9.35. The molecule has 0 bridgehead atoms. The molecular weight excluding hydrogens is 304 g/mol. The van der Waals surface area contributed by atoms with Gasteiger partial charge in [-0.15, -0.1) is 0 Å². The zero-order valence-corrected chi connectivity index (χ0v) is 15.2. The third-order valence-corrected chi connectivity index (χ3v) is 3.69. The molecule has 138 valence electrons. The molecule has 4 nitrogen and oxygen atoms in total. The van der Waals surface area contributed by atoms with E-state index in [1.165, 1.54) is 32.1 Å². The van der Waals surface area contributed by atoms with Gasteiger partial charge in [0.15, 0.2) is 0 Å². The van der Waals surface area contributed by atoms with E-state index in [1.807, 2.05) is 0 Å². The monoisotopic (exact) mass is 338 g/mol. The lowest BCUT2D eigenvalue weighted by molar-refractivity contribution is -0.161. The van der Waals surface area contributed by atoms with Crippen molar-refractivity contribution in [2.24, 2.45) is 0 Å². The highest BCUT2D eigenvalue weighted by molar-refractivity contribution is 5.85. The van der Waals surface area contributed by atoms with Crippen molar-refractivity contribution in [1.82, 2.24) is 0 Å². The van der Waals surface area contributed by atoms with Crippen LogP contribution in [0, 0.1) is 0 Å². The topological polar surface area (TPSA) is 63.6 Å². The Labute approximate surface area is 147 Å². The maximum Gasteiger partial charge on any atom is 0.339 e. The van der Waals surface area contributed by atoms with Gasteiger partial charge in [0.05, 0.1) is 0 Å². The van der Waals surface area contributed by atoms with Crippen LogP contribution in [0.4, 0.5) is 0 Å². The van der Waals surface area contributed by atoms with Gasteiger partial charge in [0.2, 0.25) is 0 Å². The van der Waals surface area contributed by atoms with Gasteiger partial charge in [-0.25, -0.2) is 4.79 Å². The third kappa shape index (κ3) is 16.9. The Hall–Kier alpha value is -1.42. The largest absolute Gasteiger partial charge is 0.391 e. The lowest BCUT2D eigenvalue weighted by Gasteiger charge is -2.01. The second-order valence-electron chi connectivity index (χ2n) is 5.98. The minimum absolute atomic E-state index is 0.246. The van der Waals surface area contributed by atoms with E-state index in [-0.39, 0.29) is 6.42 Å². The van der Waals surface area contributed by atoms with Gasteiger partial charge in [-0.05, 0) is 38.5 Å². The molecule has 0 radical (unpaired) electrons. The van der Waals surface area contributed by atoms with Gasteiger partial charge in [-0.2, -0.15) is 0 Å². The first kappa shape index (κ1) is 22.6. The van der Waals surface area contributed by atoms with Crippen molar-refractivity contribution in [2.45, 2.75) is 84.0 Å². The number of hydrogen-bond donors (Lipinski definition) is 1. The summed E-state index contributed by atoms with van der Waals surface area (Å²) in [6, 6.07) is 0. The molecule has 0 amide bonds. The van der Waals surface area contributed by atoms with E-state index < -0.39 is 18.5 Å². The number of unbranched alkanes of at least 4 members (excludes halogenated alkanes) is 8. The van der Waals surface area contributed by atoms with Crippen molar-refractivity contribution >= 4 is 11.9 Å². The Morgan fingerprint density at radius 3 is 2.00 bits per heavy atom. The zero-order chi connectivity index (χ0) is 17.9. The van der Waals surface area contributed by atoms with E-state index in [4.69, 9.17) is 5.11 Å². The van der Waals surface area contributed by atoms with Crippen LogP contribution in [0.5, 0.6) is 0 Å². The van der Waals surface area contributed by atoms with E-state index in [1.54, 1.807) is 0 Å². The molecule has 1 N–H and O–H groups in total. The normalized spacial score (nSPS) is 11.4. The summed E-state index contributed by atoms with van der Waals surface area (Å²) in [5.41, 5.74) is 0. The molecule has 0 aliphatic heterocycles. The van der Waals surface area contributed by atoms with E-state index in [9.17, 15) is 9.59 Å². The fourth-order valence-electron chi connectivity index (χ4n) is 2.29. The summed E-state index contributed by atoms with van der Waals surface area (Å²) < 4.78 is 4.38. The number of aliphatic hydroxyl groups excluding tert-OH is 1. The van der Waals surface area contributed by atoms with Gasteiger partial charge in [0, 0.05) is 6.42 Å².